The highest BCUT2D eigenvalue weighted by Crippen LogP contribution is 2.28. The summed E-state index contributed by atoms with van der Waals surface area (Å²) in [6.45, 7) is 4.82. The Balaban J connectivity index is 0.00000176. The first-order chi connectivity index (χ1) is 10.3. The number of fused-ring (bicyclic) bond motifs is 1. The molecule has 1 heterocycles. The van der Waals surface area contributed by atoms with E-state index in [4.69, 9.17) is 9.47 Å². The smallest absolute Gasteiger partial charge is 0.120 e. The summed E-state index contributed by atoms with van der Waals surface area (Å²) in [6, 6.07) is 14.4. The molecule has 1 atom stereocenters. The second-order valence-corrected chi connectivity index (χ2v) is 5.53. The van der Waals surface area contributed by atoms with Crippen LogP contribution in [0.2, 0.25) is 0 Å². The van der Waals surface area contributed by atoms with E-state index in [0.717, 1.165) is 30.2 Å². The van der Waals surface area contributed by atoms with Gasteiger partial charge in [-0.05, 0) is 46.9 Å². The largest absolute Gasteiger partial charge is 0.497 e. The van der Waals surface area contributed by atoms with Crippen LogP contribution in [0.15, 0.2) is 42.5 Å². The normalized spacial score (nSPS) is 16.4. The van der Waals surface area contributed by atoms with E-state index in [-0.39, 0.29) is 12.4 Å². The molecule has 3 rings (SSSR count). The van der Waals surface area contributed by atoms with Crippen LogP contribution in [0.25, 0.3) is 0 Å². The standard InChI is InChI=1S/C18H21NO2.ClH/c1-13-10-19-11-15-5-8-17(9-18(13)15)21-12-14-3-6-16(20-2)7-4-14;/h3-9,13,19H,10-12H2,1-2H3;1H. The van der Waals surface area contributed by atoms with Crippen LogP contribution in [0.1, 0.15) is 29.5 Å². The molecule has 1 aliphatic heterocycles. The fourth-order valence-electron chi connectivity index (χ4n) is 2.70. The van der Waals surface area contributed by atoms with Crippen molar-refractivity contribution in [3.63, 3.8) is 0 Å². The lowest BCUT2D eigenvalue weighted by Crippen LogP contribution is -2.26. The van der Waals surface area contributed by atoms with Crippen LogP contribution in [0.5, 0.6) is 11.5 Å². The maximum absolute atomic E-state index is 5.92. The summed E-state index contributed by atoms with van der Waals surface area (Å²) < 4.78 is 11.1. The number of methoxy groups -OCH3 is 1. The number of nitrogens with one attached hydrogen (secondary N) is 1. The third kappa shape index (κ3) is 3.73. The van der Waals surface area contributed by atoms with Crippen LogP contribution in [0.4, 0.5) is 0 Å². The number of halogens is 1. The monoisotopic (exact) mass is 319 g/mol. The van der Waals surface area contributed by atoms with E-state index >= 15 is 0 Å². The van der Waals surface area contributed by atoms with E-state index in [1.165, 1.54) is 11.1 Å². The fourth-order valence-corrected chi connectivity index (χ4v) is 2.70. The Hall–Kier alpha value is -1.71. The molecule has 118 valence electrons. The number of benzene rings is 2. The summed E-state index contributed by atoms with van der Waals surface area (Å²) in [5, 5.41) is 3.43. The summed E-state index contributed by atoms with van der Waals surface area (Å²) in [4.78, 5) is 0. The zero-order chi connectivity index (χ0) is 14.7. The minimum Gasteiger partial charge on any atom is -0.497 e. The second kappa shape index (κ2) is 7.52. The minimum absolute atomic E-state index is 0. The third-order valence-electron chi connectivity index (χ3n) is 3.98. The molecule has 0 amide bonds. The molecule has 2 aromatic rings. The van der Waals surface area contributed by atoms with Crippen molar-refractivity contribution < 1.29 is 9.47 Å². The molecule has 2 aromatic carbocycles. The van der Waals surface area contributed by atoms with Gasteiger partial charge in [-0.15, -0.1) is 12.4 Å². The topological polar surface area (TPSA) is 30.5 Å². The van der Waals surface area contributed by atoms with E-state index < -0.39 is 0 Å². The lowest BCUT2D eigenvalue weighted by molar-refractivity contribution is 0.305. The number of ether oxygens (including phenoxy) is 2. The number of rotatable bonds is 4. The van der Waals surface area contributed by atoms with Gasteiger partial charge in [-0.3, -0.25) is 0 Å². The van der Waals surface area contributed by atoms with Crippen LogP contribution >= 0.6 is 12.4 Å². The van der Waals surface area contributed by atoms with Gasteiger partial charge in [-0.1, -0.05) is 25.1 Å². The Labute approximate surface area is 138 Å². The molecule has 3 nitrogen and oxygen atoms in total. The van der Waals surface area contributed by atoms with E-state index in [1.54, 1.807) is 7.11 Å². The van der Waals surface area contributed by atoms with Gasteiger partial charge in [0.25, 0.3) is 0 Å². The summed E-state index contributed by atoms with van der Waals surface area (Å²) in [5.41, 5.74) is 3.93. The fraction of sp³-hybridized carbons (Fsp3) is 0.333. The van der Waals surface area contributed by atoms with E-state index in [1.807, 2.05) is 24.3 Å². The molecule has 22 heavy (non-hydrogen) atoms. The molecule has 0 fully saturated rings. The summed E-state index contributed by atoms with van der Waals surface area (Å²) in [7, 11) is 1.68. The van der Waals surface area contributed by atoms with E-state index in [2.05, 4.69) is 30.4 Å². The zero-order valence-electron chi connectivity index (χ0n) is 13.0. The lowest BCUT2D eigenvalue weighted by Gasteiger charge is -2.24. The number of hydrogen-bond donors (Lipinski definition) is 1. The minimum atomic E-state index is 0. The highest BCUT2D eigenvalue weighted by molar-refractivity contribution is 5.85. The van der Waals surface area contributed by atoms with Gasteiger partial charge in [0, 0.05) is 13.1 Å². The molecular formula is C18H22ClNO2. The van der Waals surface area contributed by atoms with Crippen molar-refractivity contribution >= 4 is 12.4 Å². The van der Waals surface area contributed by atoms with Gasteiger partial charge in [-0.2, -0.15) is 0 Å². The molecule has 0 bridgehead atoms. The Morgan fingerprint density at radius 1 is 1.09 bits per heavy atom. The van der Waals surface area contributed by atoms with E-state index in [9.17, 15) is 0 Å². The first-order valence-electron chi connectivity index (χ1n) is 7.35. The Bertz CT molecular complexity index is 613. The maximum atomic E-state index is 5.92. The van der Waals surface area contributed by atoms with Gasteiger partial charge in [0.2, 0.25) is 0 Å². The Morgan fingerprint density at radius 2 is 1.82 bits per heavy atom. The SMILES string of the molecule is COc1ccc(COc2ccc3c(c2)C(C)CNC3)cc1.Cl. The molecular weight excluding hydrogens is 298 g/mol. The van der Waals surface area contributed by atoms with Crippen molar-refractivity contribution in [3.05, 3.63) is 59.2 Å². The third-order valence-corrected chi connectivity index (χ3v) is 3.98. The highest BCUT2D eigenvalue weighted by atomic mass is 35.5. The van der Waals surface area contributed by atoms with Gasteiger partial charge in [-0.25, -0.2) is 0 Å². The highest BCUT2D eigenvalue weighted by Gasteiger charge is 2.16. The van der Waals surface area contributed by atoms with Gasteiger partial charge >= 0.3 is 0 Å². The molecule has 0 saturated heterocycles. The van der Waals surface area contributed by atoms with Gasteiger partial charge in [0.15, 0.2) is 0 Å². The maximum Gasteiger partial charge on any atom is 0.120 e. The van der Waals surface area contributed by atoms with Gasteiger partial charge < -0.3 is 14.8 Å². The van der Waals surface area contributed by atoms with Crippen LogP contribution in [0.3, 0.4) is 0 Å². The Morgan fingerprint density at radius 3 is 2.55 bits per heavy atom. The van der Waals surface area contributed by atoms with Crippen molar-refractivity contribution in [2.45, 2.75) is 26.0 Å². The predicted octanol–water partition coefficient (Wildman–Crippen LogP) is 3.90. The van der Waals surface area contributed by atoms with Crippen LogP contribution in [0, 0.1) is 0 Å². The quantitative estimate of drug-likeness (QED) is 0.927. The predicted molar refractivity (Wildman–Crippen MR) is 91.1 cm³/mol. The molecule has 0 aromatic heterocycles. The van der Waals surface area contributed by atoms with Crippen LogP contribution < -0.4 is 14.8 Å². The molecule has 0 spiro atoms. The zero-order valence-corrected chi connectivity index (χ0v) is 13.8. The summed E-state index contributed by atoms with van der Waals surface area (Å²) in [6.07, 6.45) is 0. The second-order valence-electron chi connectivity index (χ2n) is 5.53. The average molecular weight is 320 g/mol. The molecule has 1 aliphatic rings. The summed E-state index contributed by atoms with van der Waals surface area (Å²) in [5.74, 6) is 2.35. The van der Waals surface area contributed by atoms with Crippen molar-refractivity contribution in [1.82, 2.24) is 5.32 Å². The van der Waals surface area contributed by atoms with Gasteiger partial charge in [0.05, 0.1) is 7.11 Å². The molecule has 4 heteroatoms. The molecule has 0 radical (unpaired) electrons. The van der Waals surface area contributed by atoms with Crippen molar-refractivity contribution in [3.8, 4) is 11.5 Å². The van der Waals surface area contributed by atoms with Crippen molar-refractivity contribution in [2.24, 2.45) is 0 Å². The Kier molecular flexibility index (Phi) is 5.69. The summed E-state index contributed by atoms with van der Waals surface area (Å²) >= 11 is 0. The molecule has 1 N–H and O–H groups in total. The van der Waals surface area contributed by atoms with Crippen LogP contribution in [-0.2, 0) is 13.2 Å². The molecule has 0 saturated carbocycles. The number of hydrogen-bond acceptors (Lipinski definition) is 3. The average Bonchev–Trinajstić information content (AvgIpc) is 2.54. The first kappa shape index (κ1) is 16.7. The van der Waals surface area contributed by atoms with Crippen molar-refractivity contribution in [1.29, 1.82) is 0 Å². The molecule has 1 unspecified atom stereocenters. The van der Waals surface area contributed by atoms with Crippen molar-refractivity contribution in [2.75, 3.05) is 13.7 Å². The van der Waals surface area contributed by atoms with Crippen LogP contribution in [-0.4, -0.2) is 13.7 Å². The lowest BCUT2D eigenvalue weighted by atomic mass is 9.92. The first-order valence-corrected chi connectivity index (χ1v) is 7.35. The van der Waals surface area contributed by atoms with Gasteiger partial charge in [0.1, 0.15) is 18.1 Å². The van der Waals surface area contributed by atoms with E-state index in [0.29, 0.717) is 12.5 Å². The molecule has 0 aliphatic carbocycles.